The highest BCUT2D eigenvalue weighted by Gasteiger charge is 2.23. The molecule has 0 fully saturated rings. The highest BCUT2D eigenvalue weighted by molar-refractivity contribution is 9.10. The molecule has 0 aliphatic rings. The molecule has 0 amide bonds. The standard InChI is InChI=1S/C14H11BrClFO2/c1-6-7(2)19-8(3)13(6)14(18)9-4-11(16)10(15)5-12(9)17/h4-5H,1-3H3. The quantitative estimate of drug-likeness (QED) is 0.567. The molecular weight excluding hydrogens is 335 g/mol. The highest BCUT2D eigenvalue weighted by atomic mass is 79.9. The minimum Gasteiger partial charge on any atom is -0.466 e. The molecule has 100 valence electrons. The Balaban J connectivity index is 2.59. The fourth-order valence-corrected chi connectivity index (χ4v) is 2.44. The second-order valence-electron chi connectivity index (χ2n) is 4.29. The van der Waals surface area contributed by atoms with Crippen molar-refractivity contribution in [1.29, 1.82) is 0 Å². The van der Waals surface area contributed by atoms with Crippen molar-refractivity contribution in [3.8, 4) is 0 Å². The average molecular weight is 346 g/mol. The van der Waals surface area contributed by atoms with Gasteiger partial charge in [-0.25, -0.2) is 4.39 Å². The van der Waals surface area contributed by atoms with Crippen molar-refractivity contribution in [2.24, 2.45) is 0 Å². The van der Waals surface area contributed by atoms with Gasteiger partial charge in [0.1, 0.15) is 17.3 Å². The van der Waals surface area contributed by atoms with Crippen LogP contribution >= 0.6 is 27.5 Å². The molecule has 1 aromatic carbocycles. The Morgan fingerprint density at radius 1 is 1.26 bits per heavy atom. The molecule has 0 spiro atoms. The van der Waals surface area contributed by atoms with Crippen LogP contribution in [-0.4, -0.2) is 5.78 Å². The summed E-state index contributed by atoms with van der Waals surface area (Å²) in [5.41, 5.74) is 1.07. The third kappa shape index (κ3) is 2.47. The van der Waals surface area contributed by atoms with Gasteiger partial charge in [-0.2, -0.15) is 0 Å². The molecule has 0 bridgehead atoms. The van der Waals surface area contributed by atoms with Crippen LogP contribution in [0.1, 0.15) is 33.0 Å². The van der Waals surface area contributed by atoms with Crippen molar-refractivity contribution < 1.29 is 13.6 Å². The van der Waals surface area contributed by atoms with Crippen molar-refractivity contribution in [1.82, 2.24) is 0 Å². The summed E-state index contributed by atoms with van der Waals surface area (Å²) in [6, 6.07) is 2.51. The fourth-order valence-electron chi connectivity index (χ4n) is 1.96. The second kappa shape index (κ2) is 5.10. The lowest BCUT2D eigenvalue weighted by atomic mass is 9.99. The molecule has 5 heteroatoms. The average Bonchev–Trinajstić information content (AvgIpc) is 2.57. The van der Waals surface area contributed by atoms with Gasteiger partial charge in [-0.05, 0) is 48.8 Å². The van der Waals surface area contributed by atoms with E-state index < -0.39 is 11.6 Å². The van der Waals surface area contributed by atoms with E-state index in [9.17, 15) is 9.18 Å². The summed E-state index contributed by atoms with van der Waals surface area (Å²) in [5, 5.41) is 0.292. The van der Waals surface area contributed by atoms with Crippen LogP contribution in [-0.2, 0) is 0 Å². The second-order valence-corrected chi connectivity index (χ2v) is 5.55. The monoisotopic (exact) mass is 344 g/mol. The fraction of sp³-hybridized carbons (Fsp3) is 0.214. The predicted octanol–water partition coefficient (Wildman–Crippen LogP) is 4.99. The van der Waals surface area contributed by atoms with Gasteiger partial charge in [0, 0.05) is 10.0 Å². The number of carbonyl (C=O) groups is 1. The lowest BCUT2D eigenvalue weighted by Gasteiger charge is -2.05. The Bertz CT molecular complexity index is 677. The smallest absolute Gasteiger partial charge is 0.199 e. The Hall–Kier alpha value is -1.13. The summed E-state index contributed by atoms with van der Waals surface area (Å²) < 4.78 is 19.7. The van der Waals surface area contributed by atoms with Crippen LogP contribution in [0.5, 0.6) is 0 Å². The Kier molecular flexibility index (Phi) is 3.83. The van der Waals surface area contributed by atoms with Crippen LogP contribution in [0, 0.1) is 26.6 Å². The van der Waals surface area contributed by atoms with E-state index in [1.807, 2.05) is 0 Å². The molecule has 2 nitrogen and oxygen atoms in total. The Morgan fingerprint density at radius 3 is 2.42 bits per heavy atom. The summed E-state index contributed by atoms with van der Waals surface area (Å²) in [5.74, 6) is 0.112. The number of ketones is 1. The van der Waals surface area contributed by atoms with E-state index in [1.54, 1.807) is 20.8 Å². The Labute approximate surface area is 123 Å². The molecular formula is C14H11BrClFO2. The molecule has 1 heterocycles. The Morgan fingerprint density at radius 2 is 1.89 bits per heavy atom. The van der Waals surface area contributed by atoms with E-state index in [1.165, 1.54) is 12.1 Å². The third-order valence-electron chi connectivity index (χ3n) is 3.04. The SMILES string of the molecule is Cc1oc(C)c(C(=O)c2cc(Cl)c(Br)cc2F)c1C. The van der Waals surface area contributed by atoms with Crippen molar-refractivity contribution in [2.75, 3.05) is 0 Å². The van der Waals surface area contributed by atoms with Gasteiger partial charge in [-0.1, -0.05) is 11.6 Å². The molecule has 19 heavy (non-hydrogen) atoms. The van der Waals surface area contributed by atoms with Crippen molar-refractivity contribution in [3.05, 3.63) is 55.7 Å². The number of halogens is 3. The van der Waals surface area contributed by atoms with E-state index >= 15 is 0 Å². The first-order valence-electron chi connectivity index (χ1n) is 5.58. The summed E-state index contributed by atoms with van der Waals surface area (Å²) in [6.45, 7) is 5.23. The first kappa shape index (κ1) is 14.3. The zero-order valence-corrected chi connectivity index (χ0v) is 12.9. The molecule has 0 aliphatic carbocycles. The van der Waals surface area contributed by atoms with Crippen molar-refractivity contribution >= 4 is 33.3 Å². The van der Waals surface area contributed by atoms with Gasteiger partial charge in [0.05, 0.1) is 16.1 Å². The molecule has 0 aliphatic heterocycles. The lowest BCUT2D eigenvalue weighted by Crippen LogP contribution is -2.06. The van der Waals surface area contributed by atoms with Crippen LogP contribution in [0.2, 0.25) is 5.02 Å². The number of hydrogen-bond acceptors (Lipinski definition) is 2. The minimum atomic E-state index is -0.612. The van der Waals surface area contributed by atoms with Gasteiger partial charge in [0.25, 0.3) is 0 Å². The zero-order chi connectivity index (χ0) is 14.3. The topological polar surface area (TPSA) is 30.2 Å². The van der Waals surface area contributed by atoms with Gasteiger partial charge in [0.2, 0.25) is 0 Å². The van der Waals surface area contributed by atoms with Gasteiger partial charge in [-0.3, -0.25) is 4.79 Å². The van der Waals surface area contributed by atoms with Crippen LogP contribution < -0.4 is 0 Å². The maximum atomic E-state index is 13.9. The van der Waals surface area contributed by atoms with Crippen molar-refractivity contribution in [3.63, 3.8) is 0 Å². The van der Waals surface area contributed by atoms with Crippen LogP contribution in [0.4, 0.5) is 4.39 Å². The minimum absolute atomic E-state index is 0.0554. The molecule has 2 rings (SSSR count). The van der Waals surface area contributed by atoms with Gasteiger partial charge >= 0.3 is 0 Å². The molecule has 0 atom stereocenters. The maximum Gasteiger partial charge on any atom is 0.199 e. The van der Waals surface area contributed by atoms with Crippen LogP contribution in [0.15, 0.2) is 21.0 Å². The van der Waals surface area contributed by atoms with Crippen LogP contribution in [0.25, 0.3) is 0 Å². The first-order chi connectivity index (χ1) is 8.82. The summed E-state index contributed by atoms with van der Waals surface area (Å²) in [6.07, 6.45) is 0. The van der Waals surface area contributed by atoms with Gasteiger partial charge in [-0.15, -0.1) is 0 Å². The molecule has 2 aromatic rings. The number of furan rings is 1. The molecule has 0 saturated carbocycles. The molecule has 0 unspecified atom stereocenters. The summed E-state index contributed by atoms with van der Waals surface area (Å²) in [7, 11) is 0. The molecule has 1 aromatic heterocycles. The summed E-state index contributed by atoms with van der Waals surface area (Å²) >= 11 is 9.03. The first-order valence-corrected chi connectivity index (χ1v) is 6.75. The highest BCUT2D eigenvalue weighted by Crippen LogP contribution is 2.29. The zero-order valence-electron chi connectivity index (χ0n) is 10.6. The predicted molar refractivity (Wildman–Crippen MR) is 75.5 cm³/mol. The lowest BCUT2D eigenvalue weighted by molar-refractivity contribution is 0.103. The van der Waals surface area contributed by atoms with E-state index in [0.29, 0.717) is 26.6 Å². The largest absolute Gasteiger partial charge is 0.466 e. The summed E-state index contributed by atoms with van der Waals surface area (Å²) in [4.78, 5) is 12.4. The van der Waals surface area contributed by atoms with Gasteiger partial charge in [0.15, 0.2) is 5.78 Å². The van der Waals surface area contributed by atoms with E-state index in [-0.39, 0.29) is 5.56 Å². The molecule has 0 N–H and O–H groups in total. The third-order valence-corrected chi connectivity index (χ3v) is 4.24. The number of carbonyl (C=O) groups excluding carboxylic acids is 1. The molecule has 0 radical (unpaired) electrons. The van der Waals surface area contributed by atoms with Crippen LogP contribution in [0.3, 0.4) is 0 Å². The number of aryl methyl sites for hydroxylation is 2. The maximum absolute atomic E-state index is 13.9. The normalized spacial score (nSPS) is 10.8. The molecule has 0 saturated heterocycles. The van der Waals surface area contributed by atoms with Gasteiger partial charge < -0.3 is 4.42 Å². The number of hydrogen-bond donors (Lipinski definition) is 0. The van der Waals surface area contributed by atoms with E-state index in [4.69, 9.17) is 16.0 Å². The number of rotatable bonds is 2. The van der Waals surface area contributed by atoms with Crippen molar-refractivity contribution in [2.45, 2.75) is 20.8 Å². The number of benzene rings is 1. The van der Waals surface area contributed by atoms with E-state index in [2.05, 4.69) is 15.9 Å². The van der Waals surface area contributed by atoms with E-state index in [0.717, 1.165) is 5.56 Å².